The first-order valence-corrected chi connectivity index (χ1v) is 9.49. The van der Waals surface area contributed by atoms with Crippen molar-refractivity contribution in [1.29, 1.82) is 0 Å². The standard InChI is InChI=1S/C21H23N5O4/c1-12(2)26-18-16(11-23-26)15(10-17(24-18)14-8-6-5-7-9-14)20(28)30-13(3)19(27)25-21(29)22-4/h5-13H,1-4H3,(H2,22,25,27,29)/t13-/m1/s1. The van der Waals surface area contributed by atoms with Gasteiger partial charge in [0.05, 0.1) is 22.8 Å². The van der Waals surface area contributed by atoms with Crippen LogP contribution in [0.2, 0.25) is 0 Å². The number of nitrogens with zero attached hydrogens (tertiary/aromatic N) is 3. The Morgan fingerprint density at radius 3 is 2.43 bits per heavy atom. The summed E-state index contributed by atoms with van der Waals surface area (Å²) in [5.74, 6) is -1.43. The zero-order chi connectivity index (χ0) is 21.8. The Kier molecular flexibility index (Phi) is 6.10. The predicted molar refractivity (Wildman–Crippen MR) is 111 cm³/mol. The first kappa shape index (κ1) is 21.0. The SMILES string of the molecule is CNC(=O)NC(=O)[C@@H](C)OC(=O)c1cc(-c2ccccc2)nc2c1cnn2C(C)C. The number of amides is 3. The molecule has 0 aliphatic heterocycles. The monoisotopic (exact) mass is 409 g/mol. The molecule has 0 radical (unpaired) electrons. The molecule has 2 heterocycles. The molecule has 0 saturated carbocycles. The summed E-state index contributed by atoms with van der Waals surface area (Å²) in [4.78, 5) is 41.0. The van der Waals surface area contributed by atoms with Gasteiger partial charge in [0.25, 0.3) is 5.91 Å². The summed E-state index contributed by atoms with van der Waals surface area (Å²) >= 11 is 0. The number of rotatable bonds is 5. The Morgan fingerprint density at radius 1 is 1.10 bits per heavy atom. The van der Waals surface area contributed by atoms with Crippen LogP contribution in [0.1, 0.15) is 37.2 Å². The summed E-state index contributed by atoms with van der Waals surface area (Å²) in [6.07, 6.45) is 0.390. The van der Waals surface area contributed by atoms with Gasteiger partial charge in [-0.3, -0.25) is 10.1 Å². The van der Waals surface area contributed by atoms with Crippen molar-refractivity contribution in [3.63, 3.8) is 0 Å². The Hall–Kier alpha value is -3.75. The van der Waals surface area contributed by atoms with Gasteiger partial charge in [-0.15, -0.1) is 0 Å². The van der Waals surface area contributed by atoms with E-state index in [4.69, 9.17) is 9.72 Å². The van der Waals surface area contributed by atoms with E-state index >= 15 is 0 Å². The number of esters is 1. The number of pyridine rings is 1. The highest BCUT2D eigenvalue weighted by molar-refractivity contribution is 6.05. The molecule has 0 bridgehead atoms. The number of imide groups is 1. The van der Waals surface area contributed by atoms with E-state index in [1.165, 1.54) is 14.0 Å². The van der Waals surface area contributed by atoms with Gasteiger partial charge in [0.1, 0.15) is 0 Å². The number of fused-ring (bicyclic) bond motifs is 1. The Labute approximate surface area is 173 Å². The lowest BCUT2D eigenvalue weighted by atomic mass is 10.1. The van der Waals surface area contributed by atoms with E-state index in [0.29, 0.717) is 16.7 Å². The molecule has 2 aromatic heterocycles. The van der Waals surface area contributed by atoms with Crippen LogP contribution in [-0.2, 0) is 9.53 Å². The van der Waals surface area contributed by atoms with E-state index in [0.717, 1.165) is 5.56 Å². The fourth-order valence-electron chi connectivity index (χ4n) is 2.88. The van der Waals surface area contributed by atoms with Gasteiger partial charge >= 0.3 is 12.0 Å². The maximum Gasteiger partial charge on any atom is 0.339 e. The average molecular weight is 409 g/mol. The van der Waals surface area contributed by atoms with Gasteiger partial charge < -0.3 is 10.1 Å². The smallest absolute Gasteiger partial charge is 0.339 e. The van der Waals surface area contributed by atoms with Crippen molar-refractivity contribution in [3.05, 3.63) is 48.2 Å². The quantitative estimate of drug-likeness (QED) is 0.626. The lowest BCUT2D eigenvalue weighted by Gasteiger charge is -2.14. The summed E-state index contributed by atoms with van der Waals surface area (Å²) in [5.41, 5.74) is 2.20. The second-order valence-corrected chi connectivity index (χ2v) is 6.96. The number of nitrogens with one attached hydrogen (secondary N) is 2. The Morgan fingerprint density at radius 2 is 1.80 bits per heavy atom. The minimum Gasteiger partial charge on any atom is -0.449 e. The average Bonchev–Trinajstić information content (AvgIpc) is 3.17. The molecule has 30 heavy (non-hydrogen) atoms. The summed E-state index contributed by atoms with van der Waals surface area (Å²) in [6, 6.07) is 10.4. The molecule has 1 aromatic carbocycles. The number of ether oxygens (including phenoxy) is 1. The second kappa shape index (κ2) is 8.73. The van der Waals surface area contributed by atoms with Crippen LogP contribution in [0.15, 0.2) is 42.6 Å². The van der Waals surface area contributed by atoms with Crippen LogP contribution >= 0.6 is 0 Å². The molecule has 3 amide bonds. The molecule has 3 rings (SSSR count). The van der Waals surface area contributed by atoms with Crippen molar-refractivity contribution in [3.8, 4) is 11.3 Å². The van der Waals surface area contributed by atoms with Crippen molar-refractivity contribution in [1.82, 2.24) is 25.4 Å². The third kappa shape index (κ3) is 4.29. The second-order valence-electron chi connectivity index (χ2n) is 6.96. The van der Waals surface area contributed by atoms with Crippen molar-refractivity contribution in [2.45, 2.75) is 32.9 Å². The minimum atomic E-state index is -1.17. The van der Waals surface area contributed by atoms with Gasteiger partial charge in [0, 0.05) is 18.7 Å². The van der Waals surface area contributed by atoms with E-state index in [2.05, 4.69) is 15.7 Å². The maximum atomic E-state index is 12.9. The normalized spacial score (nSPS) is 11.9. The molecule has 2 N–H and O–H groups in total. The predicted octanol–water partition coefficient (Wildman–Crippen LogP) is 2.68. The molecule has 9 nitrogen and oxygen atoms in total. The van der Waals surface area contributed by atoms with Crippen molar-refractivity contribution in [2.24, 2.45) is 0 Å². The van der Waals surface area contributed by atoms with Crippen LogP contribution in [0.3, 0.4) is 0 Å². The maximum absolute atomic E-state index is 12.9. The largest absolute Gasteiger partial charge is 0.449 e. The fraction of sp³-hybridized carbons (Fsp3) is 0.286. The van der Waals surface area contributed by atoms with Crippen LogP contribution in [0.25, 0.3) is 22.3 Å². The molecular formula is C21H23N5O4. The molecule has 0 aliphatic carbocycles. The molecule has 0 spiro atoms. The van der Waals surface area contributed by atoms with Crippen molar-refractivity contribution >= 4 is 28.9 Å². The first-order chi connectivity index (χ1) is 14.3. The van der Waals surface area contributed by atoms with Gasteiger partial charge in [0.15, 0.2) is 11.8 Å². The third-order valence-electron chi connectivity index (χ3n) is 4.46. The number of urea groups is 1. The lowest BCUT2D eigenvalue weighted by Crippen LogP contribution is -2.43. The summed E-state index contributed by atoms with van der Waals surface area (Å²) in [5, 5.41) is 9.23. The van der Waals surface area contributed by atoms with E-state index in [1.807, 2.05) is 44.2 Å². The Bertz CT molecular complexity index is 1090. The summed E-state index contributed by atoms with van der Waals surface area (Å²) in [7, 11) is 1.38. The van der Waals surface area contributed by atoms with Gasteiger partial charge in [-0.2, -0.15) is 5.10 Å². The molecule has 1 atom stereocenters. The number of hydrogen-bond acceptors (Lipinski definition) is 6. The number of aromatic nitrogens is 3. The van der Waals surface area contributed by atoms with Crippen LogP contribution < -0.4 is 10.6 Å². The first-order valence-electron chi connectivity index (χ1n) is 9.49. The highest BCUT2D eigenvalue weighted by atomic mass is 16.5. The minimum absolute atomic E-state index is 0.0298. The van der Waals surface area contributed by atoms with E-state index < -0.39 is 24.0 Å². The summed E-state index contributed by atoms with van der Waals surface area (Å²) < 4.78 is 7.04. The molecule has 156 valence electrons. The molecule has 0 fully saturated rings. The molecule has 3 aromatic rings. The number of benzene rings is 1. The van der Waals surface area contributed by atoms with Crippen molar-refractivity contribution < 1.29 is 19.1 Å². The molecule has 0 unspecified atom stereocenters. The van der Waals surface area contributed by atoms with E-state index in [9.17, 15) is 14.4 Å². The van der Waals surface area contributed by atoms with Crippen LogP contribution in [0, 0.1) is 0 Å². The molecule has 9 heteroatoms. The van der Waals surface area contributed by atoms with E-state index in [-0.39, 0.29) is 11.6 Å². The van der Waals surface area contributed by atoms with Gasteiger partial charge in [-0.25, -0.2) is 19.3 Å². The van der Waals surface area contributed by atoms with Gasteiger partial charge in [-0.05, 0) is 26.8 Å². The summed E-state index contributed by atoms with van der Waals surface area (Å²) in [6.45, 7) is 5.32. The van der Waals surface area contributed by atoms with Gasteiger partial charge in [0.2, 0.25) is 0 Å². The van der Waals surface area contributed by atoms with Crippen LogP contribution in [0.4, 0.5) is 4.79 Å². The lowest BCUT2D eigenvalue weighted by molar-refractivity contribution is -0.127. The topological polar surface area (TPSA) is 115 Å². The zero-order valence-corrected chi connectivity index (χ0v) is 17.2. The number of hydrogen-bond donors (Lipinski definition) is 2. The van der Waals surface area contributed by atoms with Crippen LogP contribution in [-0.4, -0.2) is 45.8 Å². The third-order valence-corrected chi connectivity index (χ3v) is 4.46. The molecular weight excluding hydrogens is 386 g/mol. The van der Waals surface area contributed by atoms with Gasteiger partial charge in [-0.1, -0.05) is 30.3 Å². The number of carbonyl (C=O) groups is 3. The van der Waals surface area contributed by atoms with Crippen LogP contribution in [0.5, 0.6) is 0 Å². The van der Waals surface area contributed by atoms with E-state index in [1.54, 1.807) is 16.9 Å². The molecule has 0 saturated heterocycles. The highest BCUT2D eigenvalue weighted by Gasteiger charge is 2.24. The van der Waals surface area contributed by atoms with Crippen molar-refractivity contribution in [2.75, 3.05) is 7.05 Å². The Balaban J connectivity index is 2.00. The molecule has 0 aliphatic rings. The zero-order valence-electron chi connectivity index (χ0n) is 17.2. The highest BCUT2D eigenvalue weighted by Crippen LogP contribution is 2.27. The number of carbonyl (C=O) groups excluding carboxylic acids is 3. The fourth-order valence-corrected chi connectivity index (χ4v) is 2.88.